The van der Waals surface area contributed by atoms with Gasteiger partial charge < -0.3 is 4.74 Å². The maximum Gasteiger partial charge on any atom is 0.339 e. The van der Waals surface area contributed by atoms with Crippen LogP contribution in [0.3, 0.4) is 0 Å². The minimum absolute atomic E-state index is 0.162. The molecule has 2 aromatic rings. The molecule has 140 valence electrons. The fourth-order valence-corrected chi connectivity index (χ4v) is 3.73. The van der Waals surface area contributed by atoms with Gasteiger partial charge in [-0.15, -0.1) is 0 Å². The minimum atomic E-state index is -3.78. The number of carbonyl (C=O) groups is 1. The smallest absolute Gasteiger partial charge is 0.339 e. The van der Waals surface area contributed by atoms with Gasteiger partial charge in [0, 0.05) is 0 Å². The fourth-order valence-electron chi connectivity index (χ4n) is 2.65. The quantitative estimate of drug-likeness (QED) is 0.521. The van der Waals surface area contributed by atoms with E-state index in [4.69, 9.17) is 4.74 Å². The number of unbranched alkanes of at least 4 members (excludes halogenated alkanes) is 3. The van der Waals surface area contributed by atoms with Crippen LogP contribution in [0.4, 0.5) is 5.69 Å². The van der Waals surface area contributed by atoms with Gasteiger partial charge in [-0.05, 0) is 42.7 Å². The molecule has 0 amide bonds. The summed E-state index contributed by atoms with van der Waals surface area (Å²) in [6.45, 7) is 2.17. The zero-order valence-electron chi connectivity index (χ0n) is 15.2. The van der Waals surface area contributed by atoms with E-state index in [-0.39, 0.29) is 16.1 Å². The summed E-state index contributed by atoms with van der Waals surface area (Å²) in [5, 5.41) is 0. The summed E-state index contributed by atoms with van der Waals surface area (Å²) in [5.74, 6) is -0.592. The van der Waals surface area contributed by atoms with Crippen molar-refractivity contribution in [3.8, 4) is 0 Å². The minimum Gasteiger partial charge on any atom is -0.465 e. The molecule has 0 aromatic heterocycles. The molecular formula is C20H25NO4S. The summed E-state index contributed by atoms with van der Waals surface area (Å²) in [6.07, 6.45) is 5.64. The average Bonchev–Trinajstić information content (AvgIpc) is 2.65. The van der Waals surface area contributed by atoms with Gasteiger partial charge in [0.05, 0.1) is 23.3 Å². The van der Waals surface area contributed by atoms with E-state index in [1.807, 2.05) is 12.1 Å². The summed E-state index contributed by atoms with van der Waals surface area (Å²) in [7, 11) is -2.52. The molecule has 2 aromatic carbocycles. The van der Waals surface area contributed by atoms with E-state index in [2.05, 4.69) is 11.6 Å². The number of ether oxygens (including phenoxy) is 1. The lowest BCUT2D eigenvalue weighted by Crippen LogP contribution is -2.16. The first-order valence-corrected chi connectivity index (χ1v) is 10.3. The number of para-hydroxylation sites is 1. The first-order valence-electron chi connectivity index (χ1n) is 8.77. The molecular weight excluding hydrogens is 350 g/mol. The van der Waals surface area contributed by atoms with Crippen LogP contribution in [-0.2, 0) is 21.2 Å². The standard InChI is InChI=1S/C20H25NO4S/c1-3-4-5-6-9-16-12-14-17(15-13-16)26(23,24)21-19-11-8-7-10-18(19)20(22)25-2/h7-8,10-15,21H,3-6,9H2,1-2H3. The van der Waals surface area contributed by atoms with Gasteiger partial charge in [0.1, 0.15) is 0 Å². The van der Waals surface area contributed by atoms with Gasteiger partial charge in [-0.2, -0.15) is 0 Å². The van der Waals surface area contributed by atoms with E-state index in [9.17, 15) is 13.2 Å². The number of carbonyl (C=O) groups excluding carboxylic acids is 1. The molecule has 0 heterocycles. The highest BCUT2D eigenvalue weighted by atomic mass is 32.2. The Hall–Kier alpha value is -2.34. The molecule has 0 aliphatic carbocycles. The van der Waals surface area contributed by atoms with Crippen molar-refractivity contribution in [1.29, 1.82) is 0 Å². The average molecular weight is 375 g/mol. The number of hydrogen-bond acceptors (Lipinski definition) is 4. The van der Waals surface area contributed by atoms with Crippen molar-refractivity contribution in [2.24, 2.45) is 0 Å². The number of nitrogens with one attached hydrogen (secondary N) is 1. The molecule has 26 heavy (non-hydrogen) atoms. The monoisotopic (exact) mass is 375 g/mol. The van der Waals surface area contributed by atoms with E-state index >= 15 is 0 Å². The van der Waals surface area contributed by atoms with Crippen LogP contribution in [-0.4, -0.2) is 21.5 Å². The highest BCUT2D eigenvalue weighted by molar-refractivity contribution is 7.92. The normalized spacial score (nSPS) is 11.2. The summed E-state index contributed by atoms with van der Waals surface area (Å²) in [5.41, 5.74) is 1.49. The second-order valence-corrected chi connectivity index (χ2v) is 7.78. The molecule has 6 heteroatoms. The number of hydrogen-bond donors (Lipinski definition) is 1. The Balaban J connectivity index is 2.12. The lowest BCUT2D eigenvalue weighted by molar-refractivity contribution is 0.0602. The Morgan fingerprint density at radius 2 is 1.69 bits per heavy atom. The molecule has 5 nitrogen and oxygen atoms in total. The van der Waals surface area contributed by atoms with Crippen molar-refractivity contribution in [3.05, 3.63) is 59.7 Å². The second-order valence-electron chi connectivity index (χ2n) is 6.10. The van der Waals surface area contributed by atoms with Gasteiger partial charge in [0.15, 0.2) is 0 Å². The van der Waals surface area contributed by atoms with Crippen molar-refractivity contribution in [2.45, 2.75) is 43.9 Å². The SMILES string of the molecule is CCCCCCc1ccc(S(=O)(=O)Nc2ccccc2C(=O)OC)cc1. The van der Waals surface area contributed by atoms with Crippen LogP contribution in [0.5, 0.6) is 0 Å². The van der Waals surface area contributed by atoms with Crippen LogP contribution in [0.15, 0.2) is 53.4 Å². The molecule has 0 saturated carbocycles. The number of sulfonamides is 1. The van der Waals surface area contributed by atoms with E-state index < -0.39 is 16.0 Å². The second kappa shape index (κ2) is 9.38. The first-order chi connectivity index (χ1) is 12.5. The Morgan fingerprint density at radius 1 is 1.00 bits per heavy atom. The van der Waals surface area contributed by atoms with E-state index in [1.165, 1.54) is 38.5 Å². The number of anilines is 1. The van der Waals surface area contributed by atoms with E-state index in [0.29, 0.717) is 0 Å². The maximum absolute atomic E-state index is 12.6. The Kier molecular flexibility index (Phi) is 7.21. The third kappa shape index (κ3) is 5.33. The third-order valence-corrected chi connectivity index (χ3v) is 5.51. The van der Waals surface area contributed by atoms with Gasteiger partial charge in [0.2, 0.25) is 0 Å². The predicted octanol–water partition coefficient (Wildman–Crippen LogP) is 4.40. The molecule has 2 rings (SSSR count). The number of esters is 1. The molecule has 0 spiro atoms. The summed E-state index contributed by atoms with van der Waals surface area (Å²) in [4.78, 5) is 12.0. The molecule has 0 radical (unpaired) electrons. The molecule has 0 saturated heterocycles. The van der Waals surface area contributed by atoms with Crippen molar-refractivity contribution < 1.29 is 17.9 Å². The molecule has 0 fully saturated rings. The van der Waals surface area contributed by atoms with Crippen LogP contribution < -0.4 is 4.72 Å². The zero-order valence-corrected chi connectivity index (χ0v) is 16.0. The topological polar surface area (TPSA) is 72.5 Å². The highest BCUT2D eigenvalue weighted by Crippen LogP contribution is 2.21. The lowest BCUT2D eigenvalue weighted by atomic mass is 10.1. The Labute approximate surface area is 155 Å². The molecule has 0 unspecified atom stereocenters. The highest BCUT2D eigenvalue weighted by Gasteiger charge is 2.18. The van der Waals surface area contributed by atoms with Crippen molar-refractivity contribution in [2.75, 3.05) is 11.8 Å². The maximum atomic E-state index is 12.6. The summed E-state index contributed by atoms with van der Waals surface area (Å²) in [6, 6.07) is 13.2. The van der Waals surface area contributed by atoms with E-state index in [0.717, 1.165) is 18.4 Å². The lowest BCUT2D eigenvalue weighted by Gasteiger charge is -2.12. The molecule has 0 bridgehead atoms. The predicted molar refractivity (Wildman–Crippen MR) is 103 cm³/mol. The van der Waals surface area contributed by atoms with Crippen molar-refractivity contribution in [3.63, 3.8) is 0 Å². The largest absolute Gasteiger partial charge is 0.465 e. The van der Waals surface area contributed by atoms with Gasteiger partial charge in [-0.3, -0.25) is 4.72 Å². The molecule has 0 aliphatic heterocycles. The number of methoxy groups -OCH3 is 1. The first kappa shape index (κ1) is 20.0. The van der Waals surface area contributed by atoms with Crippen LogP contribution in [0.2, 0.25) is 0 Å². The molecule has 0 aliphatic rings. The van der Waals surface area contributed by atoms with Crippen LogP contribution in [0.1, 0.15) is 48.5 Å². The van der Waals surface area contributed by atoms with E-state index in [1.54, 1.807) is 24.3 Å². The summed E-state index contributed by atoms with van der Waals surface area (Å²) >= 11 is 0. The van der Waals surface area contributed by atoms with Gasteiger partial charge in [-0.1, -0.05) is 50.5 Å². The fraction of sp³-hybridized carbons (Fsp3) is 0.350. The van der Waals surface area contributed by atoms with Crippen LogP contribution in [0.25, 0.3) is 0 Å². The Bertz CT molecular complexity index is 829. The van der Waals surface area contributed by atoms with Crippen LogP contribution >= 0.6 is 0 Å². The van der Waals surface area contributed by atoms with Gasteiger partial charge in [0.25, 0.3) is 10.0 Å². The van der Waals surface area contributed by atoms with Crippen LogP contribution in [0, 0.1) is 0 Å². The molecule has 1 N–H and O–H groups in total. The van der Waals surface area contributed by atoms with Gasteiger partial charge >= 0.3 is 5.97 Å². The molecule has 0 atom stereocenters. The number of benzene rings is 2. The summed E-state index contributed by atoms with van der Waals surface area (Å²) < 4.78 is 32.4. The Morgan fingerprint density at radius 3 is 2.35 bits per heavy atom. The van der Waals surface area contributed by atoms with Crippen molar-refractivity contribution >= 4 is 21.7 Å². The number of rotatable bonds is 9. The number of aryl methyl sites for hydroxylation is 1. The van der Waals surface area contributed by atoms with Crippen molar-refractivity contribution in [1.82, 2.24) is 0 Å². The zero-order chi connectivity index (χ0) is 19.0. The van der Waals surface area contributed by atoms with Gasteiger partial charge in [-0.25, -0.2) is 13.2 Å². The third-order valence-electron chi connectivity index (χ3n) is 4.13.